The van der Waals surface area contributed by atoms with Crippen LogP contribution in [0.15, 0.2) is 36.5 Å². The van der Waals surface area contributed by atoms with E-state index in [1.54, 1.807) is 23.1 Å². The van der Waals surface area contributed by atoms with Gasteiger partial charge in [-0.1, -0.05) is 6.07 Å². The second-order valence-electron chi connectivity index (χ2n) is 7.88. The number of hydrogen-bond donors (Lipinski definition) is 1. The number of pyridine rings is 1. The van der Waals surface area contributed by atoms with Gasteiger partial charge in [0.2, 0.25) is 5.91 Å². The van der Waals surface area contributed by atoms with Crippen molar-refractivity contribution in [1.29, 1.82) is 0 Å². The molecule has 1 aliphatic heterocycles. The third kappa shape index (κ3) is 4.78. The molecule has 0 radical (unpaired) electrons. The number of amides is 2. The largest absolute Gasteiger partial charge is 0.339 e. The summed E-state index contributed by atoms with van der Waals surface area (Å²) in [7, 11) is 0. The van der Waals surface area contributed by atoms with Gasteiger partial charge in [0.25, 0.3) is 5.91 Å². The molecule has 5 nitrogen and oxygen atoms in total. The van der Waals surface area contributed by atoms with E-state index in [-0.39, 0.29) is 17.7 Å². The first-order valence-electron chi connectivity index (χ1n) is 9.99. The van der Waals surface area contributed by atoms with E-state index < -0.39 is 11.6 Å². The summed E-state index contributed by atoms with van der Waals surface area (Å²) in [5, 5.41) is 2.77. The molecule has 0 bridgehead atoms. The molecule has 7 heteroatoms. The van der Waals surface area contributed by atoms with E-state index in [1.807, 2.05) is 0 Å². The fraction of sp³-hybridized carbons (Fsp3) is 0.409. The smallest absolute Gasteiger partial charge is 0.254 e. The number of anilines is 1. The minimum atomic E-state index is -0.834. The summed E-state index contributed by atoms with van der Waals surface area (Å²) in [5.41, 5.74) is 1.28. The van der Waals surface area contributed by atoms with Gasteiger partial charge in [-0.3, -0.25) is 9.59 Å². The fourth-order valence-electron chi connectivity index (χ4n) is 3.73. The van der Waals surface area contributed by atoms with E-state index in [9.17, 15) is 18.4 Å². The monoisotopic (exact) mass is 399 g/mol. The maximum atomic E-state index is 13.4. The summed E-state index contributed by atoms with van der Waals surface area (Å²) in [5.74, 6) is -0.974. The van der Waals surface area contributed by atoms with Crippen molar-refractivity contribution in [1.82, 2.24) is 9.88 Å². The van der Waals surface area contributed by atoms with E-state index in [4.69, 9.17) is 0 Å². The van der Waals surface area contributed by atoms with E-state index in [0.29, 0.717) is 36.8 Å². The van der Waals surface area contributed by atoms with Crippen LogP contribution in [0.4, 0.5) is 14.6 Å². The lowest BCUT2D eigenvalue weighted by Gasteiger charge is -2.32. The van der Waals surface area contributed by atoms with Crippen molar-refractivity contribution in [3.05, 3.63) is 59.3 Å². The average molecular weight is 399 g/mol. The maximum absolute atomic E-state index is 13.4. The number of aromatic nitrogens is 1. The van der Waals surface area contributed by atoms with Crippen LogP contribution in [0.2, 0.25) is 0 Å². The summed E-state index contributed by atoms with van der Waals surface area (Å²) in [6.07, 6.45) is 5.63. The van der Waals surface area contributed by atoms with Crippen LogP contribution >= 0.6 is 0 Å². The zero-order chi connectivity index (χ0) is 20.4. The number of likely N-dealkylation sites (tertiary alicyclic amines) is 1. The van der Waals surface area contributed by atoms with E-state index in [1.165, 1.54) is 12.3 Å². The van der Waals surface area contributed by atoms with Crippen molar-refractivity contribution in [3.8, 4) is 0 Å². The average Bonchev–Trinajstić information content (AvgIpc) is 3.57. The number of piperidine rings is 1. The van der Waals surface area contributed by atoms with Crippen molar-refractivity contribution < 1.29 is 18.4 Å². The Morgan fingerprint density at radius 2 is 1.79 bits per heavy atom. The number of rotatable bonds is 5. The number of benzene rings is 1. The lowest BCUT2D eigenvalue weighted by molar-refractivity contribution is -0.117. The molecule has 0 atom stereocenters. The van der Waals surface area contributed by atoms with Crippen molar-refractivity contribution >= 4 is 17.6 Å². The Balaban J connectivity index is 1.32. The zero-order valence-corrected chi connectivity index (χ0v) is 16.0. The quantitative estimate of drug-likeness (QED) is 0.832. The Morgan fingerprint density at radius 3 is 2.48 bits per heavy atom. The maximum Gasteiger partial charge on any atom is 0.254 e. The summed E-state index contributed by atoms with van der Waals surface area (Å²) < 4.78 is 26.5. The Morgan fingerprint density at radius 1 is 1.03 bits per heavy atom. The number of nitrogens with one attached hydrogen (secondary N) is 1. The molecule has 2 aromatic rings. The first kappa shape index (κ1) is 19.5. The summed E-state index contributed by atoms with van der Waals surface area (Å²) >= 11 is 0. The van der Waals surface area contributed by atoms with Gasteiger partial charge in [-0.2, -0.15) is 0 Å². The van der Waals surface area contributed by atoms with Crippen LogP contribution in [0.25, 0.3) is 0 Å². The third-order valence-corrected chi connectivity index (χ3v) is 5.62. The highest BCUT2D eigenvalue weighted by Gasteiger charge is 2.30. The van der Waals surface area contributed by atoms with Crippen LogP contribution in [0.5, 0.6) is 0 Å². The highest BCUT2D eigenvalue weighted by Crippen LogP contribution is 2.30. The molecule has 1 aromatic heterocycles. The number of carbonyl (C=O) groups excluding carboxylic acids is 2. The van der Waals surface area contributed by atoms with Crippen LogP contribution in [0.3, 0.4) is 0 Å². The van der Waals surface area contributed by atoms with Crippen LogP contribution in [0.1, 0.15) is 41.6 Å². The molecule has 1 saturated heterocycles. The van der Waals surface area contributed by atoms with Crippen LogP contribution in [-0.4, -0.2) is 34.8 Å². The molecule has 0 spiro atoms. The zero-order valence-electron chi connectivity index (χ0n) is 16.0. The first-order valence-corrected chi connectivity index (χ1v) is 9.99. The molecule has 152 valence electrons. The van der Waals surface area contributed by atoms with Gasteiger partial charge in [0.1, 0.15) is 5.82 Å². The molecule has 2 amide bonds. The second-order valence-corrected chi connectivity index (χ2v) is 7.88. The topological polar surface area (TPSA) is 62.3 Å². The molecule has 4 rings (SSSR count). The van der Waals surface area contributed by atoms with Gasteiger partial charge < -0.3 is 10.2 Å². The van der Waals surface area contributed by atoms with Crippen molar-refractivity contribution in [3.63, 3.8) is 0 Å². The number of nitrogens with zero attached hydrogens (tertiary/aromatic N) is 2. The fourth-order valence-corrected chi connectivity index (χ4v) is 3.73. The van der Waals surface area contributed by atoms with Crippen LogP contribution in [0, 0.1) is 23.5 Å². The molecule has 29 heavy (non-hydrogen) atoms. The highest BCUT2D eigenvalue weighted by atomic mass is 19.2. The lowest BCUT2D eigenvalue weighted by Crippen LogP contribution is -2.39. The summed E-state index contributed by atoms with van der Waals surface area (Å²) in [6, 6.07) is 7.30. The number of hydrogen-bond acceptors (Lipinski definition) is 3. The van der Waals surface area contributed by atoms with Crippen LogP contribution in [-0.2, 0) is 11.2 Å². The van der Waals surface area contributed by atoms with Gasteiger partial charge in [0, 0.05) is 30.8 Å². The summed E-state index contributed by atoms with van der Waals surface area (Å²) in [4.78, 5) is 30.6. The van der Waals surface area contributed by atoms with E-state index >= 15 is 0 Å². The van der Waals surface area contributed by atoms with E-state index in [0.717, 1.165) is 37.3 Å². The molecule has 1 aromatic carbocycles. The van der Waals surface area contributed by atoms with Gasteiger partial charge >= 0.3 is 0 Å². The molecule has 1 saturated carbocycles. The standard InChI is InChI=1S/C22H23F2N3O2/c23-18-4-1-15(12-19(18)24)11-14-6-9-27(10-7-14)22(29)17-5-8-25-20(13-17)26-21(28)16-2-3-16/h1,4-5,8,12-14,16H,2-3,6-7,9-11H2,(H,25,26,28). The molecule has 1 N–H and O–H groups in total. The highest BCUT2D eigenvalue weighted by molar-refractivity contribution is 5.97. The molecular formula is C22H23F2N3O2. The Hall–Kier alpha value is -2.83. The molecule has 2 fully saturated rings. The Labute approximate surface area is 168 Å². The van der Waals surface area contributed by atoms with Gasteiger partial charge in [0.15, 0.2) is 11.6 Å². The van der Waals surface area contributed by atoms with Crippen molar-refractivity contribution in [2.24, 2.45) is 11.8 Å². The predicted molar refractivity (Wildman–Crippen MR) is 104 cm³/mol. The van der Waals surface area contributed by atoms with Crippen molar-refractivity contribution in [2.45, 2.75) is 32.1 Å². The molecule has 2 heterocycles. The molecular weight excluding hydrogens is 376 g/mol. The van der Waals surface area contributed by atoms with Gasteiger partial charge in [-0.05, 0) is 67.9 Å². The van der Waals surface area contributed by atoms with Crippen molar-refractivity contribution in [2.75, 3.05) is 18.4 Å². The van der Waals surface area contributed by atoms with Gasteiger partial charge in [-0.15, -0.1) is 0 Å². The first-order chi connectivity index (χ1) is 14.0. The van der Waals surface area contributed by atoms with Gasteiger partial charge in [-0.25, -0.2) is 13.8 Å². The lowest BCUT2D eigenvalue weighted by atomic mass is 9.90. The number of halogens is 2. The Bertz CT molecular complexity index is 922. The summed E-state index contributed by atoms with van der Waals surface area (Å²) in [6.45, 7) is 1.22. The molecule has 0 unspecified atom stereocenters. The minimum Gasteiger partial charge on any atom is -0.339 e. The molecule has 1 aliphatic carbocycles. The Kier molecular flexibility index (Phi) is 5.56. The number of carbonyl (C=O) groups is 2. The second kappa shape index (κ2) is 8.27. The van der Waals surface area contributed by atoms with Gasteiger partial charge in [0.05, 0.1) is 0 Å². The molecule has 2 aliphatic rings. The third-order valence-electron chi connectivity index (χ3n) is 5.62. The predicted octanol–water partition coefficient (Wildman–Crippen LogP) is 3.80. The normalized spacial score (nSPS) is 17.2. The van der Waals surface area contributed by atoms with E-state index in [2.05, 4.69) is 10.3 Å². The minimum absolute atomic E-state index is 0.0415. The van der Waals surface area contributed by atoms with Crippen LogP contribution < -0.4 is 5.32 Å². The SMILES string of the molecule is O=C(Nc1cc(C(=O)N2CCC(Cc3ccc(F)c(F)c3)CC2)ccn1)C1CC1.